The van der Waals surface area contributed by atoms with Gasteiger partial charge in [-0.3, -0.25) is 14.3 Å². The number of hydrogen-bond donors (Lipinski definition) is 0. The minimum Gasteiger partial charge on any atom is -0.336 e. The molecule has 4 rings (SSSR count). The average Bonchev–Trinajstić information content (AvgIpc) is 3.17. The molecule has 2 aliphatic heterocycles. The number of amides is 2. The van der Waals surface area contributed by atoms with Gasteiger partial charge in [-0.1, -0.05) is 24.3 Å². The third kappa shape index (κ3) is 3.86. The third-order valence-corrected chi connectivity index (χ3v) is 5.61. The van der Waals surface area contributed by atoms with Crippen LogP contribution in [0, 0.1) is 6.92 Å². The molecule has 0 N–H and O–H groups in total. The van der Waals surface area contributed by atoms with Crippen LogP contribution in [0.15, 0.2) is 36.4 Å². The Morgan fingerprint density at radius 2 is 1.75 bits per heavy atom. The number of aromatic nitrogens is 2. The molecule has 1 saturated heterocycles. The Bertz CT molecular complexity index is 884. The lowest BCUT2D eigenvalue weighted by atomic mass is 10.1. The first-order valence-corrected chi connectivity index (χ1v) is 10.0. The van der Waals surface area contributed by atoms with E-state index in [-0.39, 0.29) is 11.8 Å². The van der Waals surface area contributed by atoms with Gasteiger partial charge in [0.2, 0.25) is 5.91 Å². The number of aryl methyl sites for hydroxylation is 3. The molecule has 0 unspecified atom stereocenters. The van der Waals surface area contributed by atoms with Crippen LogP contribution in [0.1, 0.15) is 40.2 Å². The molecule has 2 aliphatic rings. The fourth-order valence-corrected chi connectivity index (χ4v) is 3.85. The van der Waals surface area contributed by atoms with Gasteiger partial charge < -0.3 is 9.80 Å². The van der Waals surface area contributed by atoms with Gasteiger partial charge in [-0.2, -0.15) is 5.10 Å². The van der Waals surface area contributed by atoms with E-state index in [4.69, 9.17) is 0 Å². The number of benzene rings is 1. The highest BCUT2D eigenvalue weighted by atomic mass is 16.2. The number of rotatable bonds is 3. The van der Waals surface area contributed by atoms with Crippen LogP contribution in [-0.4, -0.2) is 57.6 Å². The molecular formula is C22H26N4O2. The van der Waals surface area contributed by atoms with Crippen molar-refractivity contribution in [3.05, 3.63) is 58.9 Å². The maximum atomic E-state index is 12.8. The lowest BCUT2D eigenvalue weighted by molar-refractivity contribution is -0.127. The lowest BCUT2D eigenvalue weighted by Crippen LogP contribution is -2.50. The van der Waals surface area contributed by atoms with Crippen molar-refractivity contribution in [2.24, 2.45) is 0 Å². The van der Waals surface area contributed by atoms with Crippen LogP contribution in [0.25, 0.3) is 6.08 Å². The van der Waals surface area contributed by atoms with Crippen molar-refractivity contribution in [2.45, 2.75) is 32.7 Å². The summed E-state index contributed by atoms with van der Waals surface area (Å²) < 4.78 is 1.97. The highest BCUT2D eigenvalue weighted by Crippen LogP contribution is 2.17. The maximum Gasteiger partial charge on any atom is 0.274 e. The van der Waals surface area contributed by atoms with Crippen molar-refractivity contribution >= 4 is 17.9 Å². The van der Waals surface area contributed by atoms with E-state index in [1.165, 1.54) is 0 Å². The van der Waals surface area contributed by atoms with Crippen molar-refractivity contribution in [1.82, 2.24) is 19.6 Å². The number of piperazine rings is 1. The van der Waals surface area contributed by atoms with E-state index in [2.05, 4.69) is 5.10 Å². The van der Waals surface area contributed by atoms with Crippen LogP contribution in [0.5, 0.6) is 0 Å². The predicted octanol–water partition coefficient (Wildman–Crippen LogP) is 2.53. The highest BCUT2D eigenvalue weighted by Gasteiger charge is 2.26. The molecular weight excluding hydrogens is 352 g/mol. The van der Waals surface area contributed by atoms with E-state index >= 15 is 0 Å². The van der Waals surface area contributed by atoms with Gasteiger partial charge in [-0.05, 0) is 49.5 Å². The SMILES string of the molecule is Cc1ccccc1/C=C/C(=O)N1CCN(C(=O)c2cc3n(n2)CCCC3)CC1. The molecule has 1 aromatic heterocycles. The quantitative estimate of drug-likeness (QED) is 0.771. The predicted molar refractivity (Wildman–Crippen MR) is 108 cm³/mol. The molecule has 146 valence electrons. The van der Waals surface area contributed by atoms with Crippen LogP contribution in [-0.2, 0) is 17.8 Å². The van der Waals surface area contributed by atoms with E-state index in [1.807, 2.05) is 52.9 Å². The summed E-state index contributed by atoms with van der Waals surface area (Å²) in [4.78, 5) is 28.9. The van der Waals surface area contributed by atoms with Crippen LogP contribution in [0.4, 0.5) is 0 Å². The fourth-order valence-electron chi connectivity index (χ4n) is 3.85. The van der Waals surface area contributed by atoms with Gasteiger partial charge in [0.05, 0.1) is 0 Å². The Kier molecular flexibility index (Phi) is 5.28. The Morgan fingerprint density at radius 1 is 1.00 bits per heavy atom. The third-order valence-electron chi connectivity index (χ3n) is 5.61. The number of carbonyl (C=O) groups is 2. The molecule has 6 nitrogen and oxygen atoms in total. The molecule has 0 radical (unpaired) electrons. The molecule has 0 atom stereocenters. The summed E-state index contributed by atoms with van der Waals surface area (Å²) in [7, 11) is 0. The largest absolute Gasteiger partial charge is 0.336 e. The Balaban J connectivity index is 1.34. The summed E-state index contributed by atoms with van der Waals surface area (Å²) in [5.74, 6) is -0.0303. The molecule has 0 saturated carbocycles. The van der Waals surface area contributed by atoms with Gasteiger partial charge in [0, 0.05) is 44.5 Å². The standard InChI is InChI=1S/C22H26N4O2/c1-17-6-2-3-7-18(17)9-10-21(27)24-12-14-25(15-13-24)22(28)20-16-19-8-4-5-11-26(19)23-20/h2-3,6-7,9-10,16H,4-5,8,11-15H2,1H3/b10-9+. The minimum atomic E-state index is -0.0237. The van der Waals surface area contributed by atoms with Crippen LogP contribution in [0.3, 0.4) is 0 Å². The van der Waals surface area contributed by atoms with Crippen molar-refractivity contribution in [3.63, 3.8) is 0 Å². The van der Waals surface area contributed by atoms with Gasteiger partial charge in [-0.15, -0.1) is 0 Å². The first-order valence-electron chi connectivity index (χ1n) is 10.0. The summed E-state index contributed by atoms with van der Waals surface area (Å²) in [6.45, 7) is 5.13. The number of nitrogens with zero attached hydrogens (tertiary/aromatic N) is 4. The Hall–Kier alpha value is -2.89. The molecule has 0 bridgehead atoms. The first-order chi connectivity index (χ1) is 13.6. The van der Waals surface area contributed by atoms with Gasteiger partial charge in [0.25, 0.3) is 5.91 Å². The first kappa shape index (κ1) is 18.5. The molecule has 1 aromatic carbocycles. The van der Waals surface area contributed by atoms with E-state index < -0.39 is 0 Å². The van der Waals surface area contributed by atoms with Gasteiger partial charge in [0.1, 0.15) is 0 Å². The highest BCUT2D eigenvalue weighted by molar-refractivity contribution is 5.94. The minimum absolute atomic E-state index is 0.00666. The molecule has 1 fully saturated rings. The summed E-state index contributed by atoms with van der Waals surface area (Å²) in [5.41, 5.74) is 3.89. The van der Waals surface area contributed by atoms with E-state index in [0.717, 1.165) is 42.6 Å². The molecule has 6 heteroatoms. The Morgan fingerprint density at radius 3 is 2.50 bits per heavy atom. The van der Waals surface area contributed by atoms with Crippen molar-refractivity contribution in [3.8, 4) is 0 Å². The maximum absolute atomic E-state index is 12.8. The van der Waals surface area contributed by atoms with Gasteiger partial charge in [0.15, 0.2) is 5.69 Å². The average molecular weight is 378 g/mol. The van der Waals surface area contributed by atoms with Gasteiger partial charge in [-0.25, -0.2) is 0 Å². The second kappa shape index (κ2) is 8.00. The Labute approximate surface area is 165 Å². The summed E-state index contributed by atoms with van der Waals surface area (Å²) >= 11 is 0. The summed E-state index contributed by atoms with van der Waals surface area (Å²) in [5, 5.41) is 4.49. The zero-order chi connectivity index (χ0) is 19.5. The van der Waals surface area contributed by atoms with Gasteiger partial charge >= 0.3 is 0 Å². The zero-order valence-corrected chi connectivity index (χ0v) is 16.3. The number of hydrogen-bond acceptors (Lipinski definition) is 3. The fraction of sp³-hybridized carbons (Fsp3) is 0.409. The monoisotopic (exact) mass is 378 g/mol. The number of carbonyl (C=O) groups excluding carboxylic acids is 2. The van der Waals surface area contributed by atoms with Crippen molar-refractivity contribution in [1.29, 1.82) is 0 Å². The van der Waals surface area contributed by atoms with E-state index in [9.17, 15) is 9.59 Å². The van der Waals surface area contributed by atoms with Crippen molar-refractivity contribution < 1.29 is 9.59 Å². The smallest absolute Gasteiger partial charge is 0.274 e. The van der Waals surface area contributed by atoms with Crippen LogP contribution < -0.4 is 0 Å². The topological polar surface area (TPSA) is 58.4 Å². The lowest BCUT2D eigenvalue weighted by Gasteiger charge is -2.33. The van der Waals surface area contributed by atoms with Crippen molar-refractivity contribution in [2.75, 3.05) is 26.2 Å². The second-order valence-electron chi connectivity index (χ2n) is 7.51. The molecule has 28 heavy (non-hydrogen) atoms. The van der Waals surface area contributed by atoms with E-state index in [0.29, 0.717) is 31.9 Å². The molecule has 2 aromatic rings. The molecule has 0 aliphatic carbocycles. The van der Waals surface area contributed by atoms with E-state index in [1.54, 1.807) is 11.0 Å². The normalized spacial score (nSPS) is 17.0. The van der Waals surface area contributed by atoms with Crippen LogP contribution in [0.2, 0.25) is 0 Å². The van der Waals surface area contributed by atoms with Crippen LogP contribution >= 0.6 is 0 Å². The molecule has 2 amide bonds. The number of fused-ring (bicyclic) bond motifs is 1. The molecule has 3 heterocycles. The molecule has 0 spiro atoms. The second-order valence-corrected chi connectivity index (χ2v) is 7.51. The zero-order valence-electron chi connectivity index (χ0n) is 16.3. The summed E-state index contributed by atoms with van der Waals surface area (Å²) in [6, 6.07) is 9.92. The summed E-state index contributed by atoms with van der Waals surface area (Å²) in [6.07, 6.45) is 6.78.